The zero-order valence-electron chi connectivity index (χ0n) is 10.8. The van der Waals surface area contributed by atoms with Gasteiger partial charge in [0.25, 0.3) is 0 Å². The SMILES string of the molecule is CCNc1nnc(CN(C)CC2CCCC2)s1. The summed E-state index contributed by atoms with van der Waals surface area (Å²) in [6, 6.07) is 0. The van der Waals surface area contributed by atoms with Crippen LogP contribution in [0.15, 0.2) is 0 Å². The Labute approximate surface area is 107 Å². The largest absolute Gasteiger partial charge is 0.360 e. The molecule has 1 saturated carbocycles. The highest BCUT2D eigenvalue weighted by molar-refractivity contribution is 7.15. The van der Waals surface area contributed by atoms with E-state index in [1.165, 1.54) is 32.2 Å². The van der Waals surface area contributed by atoms with Crippen molar-refractivity contribution in [2.24, 2.45) is 5.92 Å². The summed E-state index contributed by atoms with van der Waals surface area (Å²) in [6.45, 7) is 5.12. The Morgan fingerprint density at radius 2 is 2.12 bits per heavy atom. The number of rotatable bonds is 6. The van der Waals surface area contributed by atoms with Crippen LogP contribution >= 0.6 is 11.3 Å². The molecule has 1 N–H and O–H groups in total. The first kappa shape index (κ1) is 12.8. The second kappa shape index (κ2) is 6.31. The summed E-state index contributed by atoms with van der Waals surface area (Å²) in [5.41, 5.74) is 0. The molecule has 1 fully saturated rings. The molecule has 0 spiro atoms. The van der Waals surface area contributed by atoms with E-state index in [0.29, 0.717) is 0 Å². The molecule has 4 nitrogen and oxygen atoms in total. The number of aromatic nitrogens is 2. The third-order valence-corrected chi connectivity index (χ3v) is 4.11. The van der Waals surface area contributed by atoms with Gasteiger partial charge in [0.1, 0.15) is 5.01 Å². The molecular formula is C12H22N4S. The number of nitrogens with zero attached hydrogens (tertiary/aromatic N) is 3. The number of nitrogens with one attached hydrogen (secondary N) is 1. The summed E-state index contributed by atoms with van der Waals surface area (Å²) in [5.74, 6) is 0.904. The highest BCUT2D eigenvalue weighted by Crippen LogP contribution is 2.26. The van der Waals surface area contributed by atoms with E-state index in [4.69, 9.17) is 0 Å². The third kappa shape index (κ3) is 3.92. The van der Waals surface area contributed by atoms with E-state index in [0.717, 1.165) is 29.1 Å². The van der Waals surface area contributed by atoms with Crippen LogP contribution < -0.4 is 5.32 Å². The Balaban J connectivity index is 1.78. The summed E-state index contributed by atoms with van der Waals surface area (Å²) in [4.78, 5) is 2.38. The van der Waals surface area contributed by atoms with Gasteiger partial charge in [-0.3, -0.25) is 4.90 Å². The molecule has 0 saturated heterocycles. The van der Waals surface area contributed by atoms with Crippen molar-refractivity contribution in [1.82, 2.24) is 15.1 Å². The molecule has 1 aliphatic rings. The quantitative estimate of drug-likeness (QED) is 0.847. The molecule has 0 atom stereocenters. The van der Waals surface area contributed by atoms with Gasteiger partial charge in [-0.05, 0) is 32.7 Å². The molecule has 96 valence electrons. The molecule has 0 aromatic carbocycles. The average Bonchev–Trinajstić information content (AvgIpc) is 2.91. The molecule has 0 amide bonds. The Hall–Kier alpha value is -0.680. The monoisotopic (exact) mass is 254 g/mol. The molecular weight excluding hydrogens is 232 g/mol. The van der Waals surface area contributed by atoms with Gasteiger partial charge >= 0.3 is 0 Å². The van der Waals surface area contributed by atoms with Gasteiger partial charge in [-0.25, -0.2) is 0 Å². The maximum Gasteiger partial charge on any atom is 0.205 e. The van der Waals surface area contributed by atoms with E-state index >= 15 is 0 Å². The van der Waals surface area contributed by atoms with E-state index in [1.54, 1.807) is 11.3 Å². The topological polar surface area (TPSA) is 41.1 Å². The normalized spacial score (nSPS) is 16.9. The van der Waals surface area contributed by atoms with Crippen LogP contribution in [-0.2, 0) is 6.54 Å². The van der Waals surface area contributed by atoms with E-state index < -0.39 is 0 Å². The van der Waals surface area contributed by atoms with Crippen molar-refractivity contribution in [1.29, 1.82) is 0 Å². The van der Waals surface area contributed by atoms with Crippen molar-refractivity contribution in [3.05, 3.63) is 5.01 Å². The Kier molecular flexibility index (Phi) is 4.74. The molecule has 0 radical (unpaired) electrons. The van der Waals surface area contributed by atoms with Gasteiger partial charge in [0, 0.05) is 13.1 Å². The van der Waals surface area contributed by atoms with Crippen molar-refractivity contribution in [2.45, 2.75) is 39.2 Å². The summed E-state index contributed by atoms with van der Waals surface area (Å²) in [6.07, 6.45) is 5.65. The van der Waals surface area contributed by atoms with Crippen LogP contribution in [0.5, 0.6) is 0 Å². The highest BCUT2D eigenvalue weighted by Gasteiger charge is 2.17. The lowest BCUT2D eigenvalue weighted by Crippen LogP contribution is -2.23. The first-order chi connectivity index (χ1) is 8.28. The maximum absolute atomic E-state index is 4.21. The standard InChI is InChI=1S/C12H22N4S/c1-3-13-12-15-14-11(17-12)9-16(2)8-10-6-4-5-7-10/h10H,3-9H2,1-2H3,(H,13,15). The van der Waals surface area contributed by atoms with Crippen molar-refractivity contribution < 1.29 is 0 Å². The van der Waals surface area contributed by atoms with Crippen LogP contribution in [0, 0.1) is 5.92 Å². The van der Waals surface area contributed by atoms with E-state index in [2.05, 4.69) is 34.4 Å². The number of hydrogen-bond donors (Lipinski definition) is 1. The van der Waals surface area contributed by atoms with Crippen LogP contribution in [0.1, 0.15) is 37.6 Å². The van der Waals surface area contributed by atoms with Gasteiger partial charge in [-0.2, -0.15) is 0 Å². The second-order valence-electron chi connectivity index (χ2n) is 4.88. The fraction of sp³-hybridized carbons (Fsp3) is 0.833. The Morgan fingerprint density at radius 1 is 1.35 bits per heavy atom. The van der Waals surface area contributed by atoms with Crippen LogP contribution in [0.4, 0.5) is 5.13 Å². The molecule has 1 aliphatic carbocycles. The molecule has 2 rings (SSSR count). The Bertz CT molecular complexity index is 333. The van der Waals surface area contributed by atoms with Crippen molar-refractivity contribution in [3.63, 3.8) is 0 Å². The van der Waals surface area contributed by atoms with Crippen molar-refractivity contribution in [3.8, 4) is 0 Å². The second-order valence-corrected chi connectivity index (χ2v) is 5.94. The fourth-order valence-corrected chi connectivity index (χ4v) is 3.36. The first-order valence-electron chi connectivity index (χ1n) is 6.52. The lowest BCUT2D eigenvalue weighted by atomic mass is 10.1. The van der Waals surface area contributed by atoms with Crippen molar-refractivity contribution in [2.75, 3.05) is 25.5 Å². The van der Waals surface area contributed by atoms with Crippen molar-refractivity contribution >= 4 is 16.5 Å². The summed E-state index contributed by atoms with van der Waals surface area (Å²) < 4.78 is 0. The maximum atomic E-state index is 4.21. The molecule has 1 aromatic heterocycles. The zero-order chi connectivity index (χ0) is 12.1. The smallest absolute Gasteiger partial charge is 0.205 e. The molecule has 0 bridgehead atoms. The highest BCUT2D eigenvalue weighted by atomic mass is 32.1. The van der Waals surface area contributed by atoms with Crippen LogP contribution in [0.3, 0.4) is 0 Å². The van der Waals surface area contributed by atoms with Gasteiger partial charge in [0.2, 0.25) is 5.13 Å². The molecule has 1 aromatic rings. The zero-order valence-corrected chi connectivity index (χ0v) is 11.6. The lowest BCUT2D eigenvalue weighted by molar-refractivity contribution is 0.270. The fourth-order valence-electron chi connectivity index (χ4n) is 2.47. The van der Waals surface area contributed by atoms with Gasteiger partial charge in [0.05, 0.1) is 6.54 Å². The number of hydrogen-bond acceptors (Lipinski definition) is 5. The van der Waals surface area contributed by atoms with Gasteiger partial charge in [-0.15, -0.1) is 10.2 Å². The third-order valence-electron chi connectivity index (χ3n) is 3.24. The van der Waals surface area contributed by atoms with Crippen LogP contribution in [-0.4, -0.2) is 35.2 Å². The number of anilines is 1. The van der Waals surface area contributed by atoms with E-state index in [9.17, 15) is 0 Å². The average molecular weight is 254 g/mol. The van der Waals surface area contributed by atoms with E-state index in [-0.39, 0.29) is 0 Å². The minimum Gasteiger partial charge on any atom is -0.360 e. The minimum atomic E-state index is 0.904. The Morgan fingerprint density at radius 3 is 2.82 bits per heavy atom. The predicted octanol–water partition coefficient (Wildman–Crippen LogP) is 2.59. The van der Waals surface area contributed by atoms with Crippen LogP contribution in [0.2, 0.25) is 0 Å². The van der Waals surface area contributed by atoms with Gasteiger partial charge in [0.15, 0.2) is 0 Å². The predicted molar refractivity (Wildman–Crippen MR) is 72.4 cm³/mol. The molecule has 1 heterocycles. The molecule has 0 aliphatic heterocycles. The molecule has 0 unspecified atom stereocenters. The minimum absolute atomic E-state index is 0.904. The summed E-state index contributed by atoms with van der Waals surface area (Å²) in [7, 11) is 2.19. The van der Waals surface area contributed by atoms with Crippen LogP contribution in [0.25, 0.3) is 0 Å². The summed E-state index contributed by atoms with van der Waals surface area (Å²) >= 11 is 1.67. The summed E-state index contributed by atoms with van der Waals surface area (Å²) in [5, 5.41) is 13.6. The van der Waals surface area contributed by atoms with Gasteiger partial charge in [-0.1, -0.05) is 24.2 Å². The first-order valence-corrected chi connectivity index (χ1v) is 7.34. The van der Waals surface area contributed by atoms with Gasteiger partial charge < -0.3 is 5.32 Å². The lowest BCUT2D eigenvalue weighted by Gasteiger charge is -2.19. The van der Waals surface area contributed by atoms with E-state index in [1.807, 2.05) is 0 Å². The molecule has 5 heteroatoms. The molecule has 17 heavy (non-hydrogen) atoms.